The Kier molecular flexibility index (Phi) is 7.60. The van der Waals surface area contributed by atoms with Crippen LogP contribution >= 0.6 is 0 Å². The van der Waals surface area contributed by atoms with Crippen molar-refractivity contribution in [1.82, 2.24) is 4.57 Å². The largest absolute Gasteiger partial charge is 0.360 e. The number of aromatic nitrogens is 1. The van der Waals surface area contributed by atoms with E-state index in [1.54, 1.807) is 0 Å². The van der Waals surface area contributed by atoms with Crippen LogP contribution in [0.15, 0.2) is 199 Å². The molecule has 0 fully saturated rings. The molecule has 0 radical (unpaired) electrons. The average Bonchev–Trinajstić information content (AvgIpc) is 3.61. The van der Waals surface area contributed by atoms with Crippen molar-refractivity contribution >= 4 is 60.4 Å². The third-order valence-corrected chi connectivity index (χ3v) is 11.9. The molecule has 3 heteroatoms. The maximum Gasteiger partial charge on any atom is 0.0952 e. The van der Waals surface area contributed by atoms with Crippen LogP contribution in [0, 0.1) is 0 Å². The van der Waals surface area contributed by atoms with Gasteiger partial charge in [-0.25, -0.2) is 4.99 Å². The third kappa shape index (κ3) is 5.16. The predicted octanol–water partition coefficient (Wildman–Crippen LogP) is 13.6. The van der Waals surface area contributed by atoms with Crippen molar-refractivity contribution in [2.24, 2.45) is 4.99 Å². The van der Waals surface area contributed by atoms with E-state index in [4.69, 9.17) is 4.99 Å². The molecular formula is C53H39N3. The van der Waals surface area contributed by atoms with Gasteiger partial charge in [0.25, 0.3) is 0 Å². The predicted molar refractivity (Wildman–Crippen MR) is 238 cm³/mol. The SMILES string of the molecule is CN1c2c(c3ccccc3c3ccccc23)N=C(c2cccc(-c3ccc(-c4cccc(-n5c6ccccc6c6ccccc65)c4)cc3)c2)C1C1=CC=CCC1. The lowest BCUT2D eigenvalue weighted by molar-refractivity contribution is 0.802. The summed E-state index contributed by atoms with van der Waals surface area (Å²) in [6.07, 6.45) is 8.86. The summed E-state index contributed by atoms with van der Waals surface area (Å²) in [6, 6.07) is 61.9. The van der Waals surface area contributed by atoms with E-state index in [-0.39, 0.29) is 6.04 Å². The van der Waals surface area contributed by atoms with Crippen LogP contribution in [0.25, 0.3) is 71.3 Å². The van der Waals surface area contributed by atoms with Crippen molar-refractivity contribution in [1.29, 1.82) is 0 Å². The van der Waals surface area contributed by atoms with Crippen molar-refractivity contribution in [3.8, 4) is 27.9 Å². The molecule has 8 aromatic carbocycles. The third-order valence-electron chi connectivity index (χ3n) is 11.9. The molecule has 0 bridgehead atoms. The highest BCUT2D eigenvalue weighted by Crippen LogP contribution is 2.48. The molecule has 1 aliphatic carbocycles. The summed E-state index contributed by atoms with van der Waals surface area (Å²) in [5.41, 5.74) is 14.3. The molecule has 0 amide bonds. The van der Waals surface area contributed by atoms with Gasteiger partial charge in [0.1, 0.15) is 0 Å². The summed E-state index contributed by atoms with van der Waals surface area (Å²) >= 11 is 0. The Morgan fingerprint density at radius 1 is 0.500 bits per heavy atom. The quantitative estimate of drug-likeness (QED) is 0.162. The first kappa shape index (κ1) is 32.5. The molecular weight excluding hydrogens is 679 g/mol. The molecule has 2 aliphatic rings. The van der Waals surface area contributed by atoms with Gasteiger partial charge in [-0.1, -0.05) is 158 Å². The monoisotopic (exact) mass is 717 g/mol. The lowest BCUT2D eigenvalue weighted by Crippen LogP contribution is -2.43. The standard InChI is InChI=1S/C53H39N3/c1-55-52(37-15-3-2-4-16-37)50(54-51-46-25-7-5-21-42(46)43-22-6-8-26-47(43)53(51)55)40-19-13-17-38(33-40)35-29-31-36(32-30-35)39-18-14-20-41(34-39)56-48-27-11-9-23-44(48)45-24-10-12-28-49(45)56/h2-3,5-15,17-34,52H,4,16H2,1H3. The molecule has 1 aromatic heterocycles. The van der Waals surface area contributed by atoms with E-state index in [2.05, 4.69) is 205 Å². The number of hydrogen-bond acceptors (Lipinski definition) is 2. The molecule has 0 N–H and O–H groups in total. The van der Waals surface area contributed by atoms with Crippen LogP contribution in [0.4, 0.5) is 11.4 Å². The Labute approximate surface area is 326 Å². The molecule has 266 valence electrons. The smallest absolute Gasteiger partial charge is 0.0952 e. The van der Waals surface area contributed by atoms with Gasteiger partial charge in [-0.05, 0) is 87.3 Å². The highest BCUT2D eigenvalue weighted by molar-refractivity contribution is 6.24. The summed E-state index contributed by atoms with van der Waals surface area (Å²) in [4.78, 5) is 8.16. The topological polar surface area (TPSA) is 20.5 Å². The van der Waals surface area contributed by atoms with Crippen molar-refractivity contribution in [2.75, 3.05) is 11.9 Å². The van der Waals surface area contributed by atoms with Crippen molar-refractivity contribution in [3.05, 3.63) is 199 Å². The number of nitrogens with zero attached hydrogens (tertiary/aromatic N) is 3. The summed E-state index contributed by atoms with van der Waals surface area (Å²) in [6.45, 7) is 0. The van der Waals surface area contributed by atoms with Gasteiger partial charge in [-0.3, -0.25) is 0 Å². The van der Waals surface area contributed by atoms with E-state index in [1.807, 2.05) is 0 Å². The zero-order valence-corrected chi connectivity index (χ0v) is 31.2. The molecule has 1 atom stereocenters. The first-order chi connectivity index (χ1) is 27.7. The first-order valence-electron chi connectivity index (χ1n) is 19.6. The van der Waals surface area contributed by atoms with E-state index < -0.39 is 0 Å². The van der Waals surface area contributed by atoms with Crippen molar-refractivity contribution in [3.63, 3.8) is 0 Å². The number of hydrogen-bond donors (Lipinski definition) is 0. The number of rotatable bonds is 5. The maximum absolute atomic E-state index is 5.66. The molecule has 0 saturated heterocycles. The molecule has 11 rings (SSSR count). The van der Waals surface area contributed by atoms with Crippen molar-refractivity contribution in [2.45, 2.75) is 18.9 Å². The minimum atomic E-state index is 0.0245. The van der Waals surface area contributed by atoms with Crippen LogP contribution in [-0.4, -0.2) is 23.4 Å². The van der Waals surface area contributed by atoms with Gasteiger partial charge in [0, 0.05) is 34.3 Å². The molecule has 2 heterocycles. The minimum Gasteiger partial charge on any atom is -0.360 e. The Bertz CT molecular complexity index is 3050. The van der Waals surface area contributed by atoms with E-state index in [9.17, 15) is 0 Å². The fraction of sp³-hybridized carbons (Fsp3) is 0.0755. The summed E-state index contributed by atoms with van der Waals surface area (Å²) < 4.78 is 2.38. The fourth-order valence-electron chi connectivity index (χ4n) is 9.30. The van der Waals surface area contributed by atoms with Crippen LogP contribution in [0.2, 0.25) is 0 Å². The zero-order chi connectivity index (χ0) is 37.2. The van der Waals surface area contributed by atoms with Gasteiger partial charge in [0.2, 0.25) is 0 Å². The van der Waals surface area contributed by atoms with Gasteiger partial charge >= 0.3 is 0 Å². The van der Waals surface area contributed by atoms with Gasteiger partial charge in [0.15, 0.2) is 0 Å². The van der Waals surface area contributed by atoms with E-state index in [1.165, 1.54) is 76.9 Å². The van der Waals surface area contributed by atoms with Crippen LogP contribution in [-0.2, 0) is 0 Å². The fourth-order valence-corrected chi connectivity index (χ4v) is 9.30. The Morgan fingerprint density at radius 3 is 1.71 bits per heavy atom. The molecule has 3 nitrogen and oxygen atoms in total. The van der Waals surface area contributed by atoms with Crippen LogP contribution in [0.5, 0.6) is 0 Å². The van der Waals surface area contributed by atoms with Gasteiger partial charge in [-0.15, -0.1) is 0 Å². The second-order valence-electron chi connectivity index (χ2n) is 15.1. The highest BCUT2D eigenvalue weighted by atomic mass is 15.2. The number of allylic oxidation sites excluding steroid dienone is 3. The first-order valence-corrected chi connectivity index (χ1v) is 19.6. The second-order valence-corrected chi connectivity index (χ2v) is 15.1. The number of aliphatic imine (C=N–C) groups is 1. The van der Waals surface area contributed by atoms with E-state index in [0.29, 0.717) is 0 Å². The number of anilines is 1. The summed E-state index contributed by atoms with van der Waals surface area (Å²) in [5.74, 6) is 0. The van der Waals surface area contributed by atoms with Crippen LogP contribution in [0.3, 0.4) is 0 Å². The Hall–Kier alpha value is -6.97. The van der Waals surface area contributed by atoms with Gasteiger partial charge in [-0.2, -0.15) is 0 Å². The summed E-state index contributed by atoms with van der Waals surface area (Å²) in [5, 5.41) is 7.50. The molecule has 0 spiro atoms. The average molecular weight is 718 g/mol. The van der Waals surface area contributed by atoms with Crippen molar-refractivity contribution < 1.29 is 0 Å². The number of para-hydroxylation sites is 2. The molecule has 0 saturated carbocycles. The van der Waals surface area contributed by atoms with Gasteiger partial charge in [0.05, 0.1) is 34.2 Å². The Morgan fingerprint density at radius 2 is 1.05 bits per heavy atom. The van der Waals surface area contributed by atoms with Gasteiger partial charge < -0.3 is 9.47 Å². The van der Waals surface area contributed by atoms with Crippen LogP contribution < -0.4 is 4.90 Å². The molecule has 56 heavy (non-hydrogen) atoms. The number of fused-ring (bicyclic) bond motifs is 9. The lowest BCUT2D eigenvalue weighted by atomic mass is 9.86. The molecule has 9 aromatic rings. The number of likely N-dealkylation sites (N-methyl/N-ethyl adjacent to an activating group) is 1. The van der Waals surface area contributed by atoms with Crippen LogP contribution in [0.1, 0.15) is 18.4 Å². The normalized spacial score (nSPS) is 15.4. The molecule has 1 unspecified atom stereocenters. The zero-order valence-electron chi connectivity index (χ0n) is 31.2. The van der Waals surface area contributed by atoms with E-state index >= 15 is 0 Å². The lowest BCUT2D eigenvalue weighted by Gasteiger charge is -2.39. The maximum atomic E-state index is 5.66. The minimum absolute atomic E-state index is 0.0245. The Balaban J connectivity index is 0.994. The summed E-state index contributed by atoms with van der Waals surface area (Å²) in [7, 11) is 2.26. The highest BCUT2D eigenvalue weighted by Gasteiger charge is 2.34. The second kappa shape index (κ2) is 13.1. The molecule has 1 aliphatic heterocycles. The number of benzene rings is 8. The van der Waals surface area contributed by atoms with E-state index in [0.717, 1.165) is 35.5 Å².